The molecule has 1 heterocycles. The maximum atomic E-state index is 12.8. The molecule has 0 aromatic heterocycles. The van der Waals surface area contributed by atoms with E-state index in [0.29, 0.717) is 18.6 Å². The fourth-order valence-electron chi connectivity index (χ4n) is 2.50. The zero-order valence-corrected chi connectivity index (χ0v) is 11.4. The second-order valence-electron chi connectivity index (χ2n) is 5.08. The Morgan fingerprint density at radius 3 is 2.75 bits per heavy atom. The summed E-state index contributed by atoms with van der Waals surface area (Å²) in [5.74, 6) is 0. The van der Waals surface area contributed by atoms with Crippen LogP contribution in [0.5, 0.6) is 0 Å². The Morgan fingerprint density at radius 1 is 1.15 bits per heavy atom. The summed E-state index contributed by atoms with van der Waals surface area (Å²) in [6.45, 7) is 2.26. The van der Waals surface area contributed by atoms with Gasteiger partial charge in [0.25, 0.3) is 0 Å². The van der Waals surface area contributed by atoms with Crippen molar-refractivity contribution in [2.24, 2.45) is 0 Å². The largest absolute Gasteiger partial charge is 0.416 e. The molecule has 1 aromatic carbocycles. The molecule has 1 saturated heterocycles. The minimum absolute atomic E-state index is 0.169. The number of hydrogen-bond donors (Lipinski definition) is 1. The van der Waals surface area contributed by atoms with Crippen molar-refractivity contribution in [2.75, 3.05) is 19.7 Å². The van der Waals surface area contributed by atoms with Crippen molar-refractivity contribution < 1.29 is 17.9 Å². The fourth-order valence-corrected chi connectivity index (χ4v) is 2.50. The monoisotopic (exact) mass is 287 g/mol. The van der Waals surface area contributed by atoms with Crippen LogP contribution in [0.15, 0.2) is 24.3 Å². The maximum absolute atomic E-state index is 12.8. The summed E-state index contributed by atoms with van der Waals surface area (Å²) in [5, 5.41) is 3.29. The van der Waals surface area contributed by atoms with Gasteiger partial charge in [0, 0.05) is 0 Å². The molecule has 5 heteroatoms. The summed E-state index contributed by atoms with van der Waals surface area (Å²) in [7, 11) is 0. The molecule has 2 rings (SSSR count). The van der Waals surface area contributed by atoms with Gasteiger partial charge in [0.1, 0.15) is 0 Å². The third kappa shape index (κ3) is 4.49. The Hall–Kier alpha value is -1.07. The van der Waals surface area contributed by atoms with E-state index in [1.807, 2.05) is 0 Å². The lowest BCUT2D eigenvalue weighted by molar-refractivity contribution is -0.138. The van der Waals surface area contributed by atoms with Crippen molar-refractivity contribution in [1.82, 2.24) is 5.32 Å². The zero-order chi connectivity index (χ0) is 14.4. The number of alkyl halides is 3. The fraction of sp³-hybridized carbons (Fsp3) is 0.600. The van der Waals surface area contributed by atoms with Crippen LogP contribution >= 0.6 is 0 Å². The zero-order valence-electron chi connectivity index (χ0n) is 11.4. The van der Waals surface area contributed by atoms with Crippen LogP contribution < -0.4 is 5.32 Å². The molecule has 20 heavy (non-hydrogen) atoms. The summed E-state index contributed by atoms with van der Waals surface area (Å²) in [4.78, 5) is 0. The van der Waals surface area contributed by atoms with Crippen LogP contribution in [0.25, 0.3) is 0 Å². The molecule has 0 radical (unpaired) electrons. The highest BCUT2D eigenvalue weighted by atomic mass is 19.4. The van der Waals surface area contributed by atoms with Gasteiger partial charge in [-0.15, -0.1) is 0 Å². The maximum Gasteiger partial charge on any atom is 0.416 e. The molecule has 2 nitrogen and oxygen atoms in total. The Labute approximate surface area is 117 Å². The second kappa shape index (κ2) is 7.09. The normalized spacial score (nSPS) is 20.6. The molecule has 0 bridgehead atoms. The van der Waals surface area contributed by atoms with Crippen molar-refractivity contribution in [3.8, 4) is 0 Å². The van der Waals surface area contributed by atoms with Crippen molar-refractivity contribution in [3.63, 3.8) is 0 Å². The first kappa shape index (κ1) is 15.3. The molecule has 0 saturated carbocycles. The third-order valence-corrected chi connectivity index (χ3v) is 3.57. The first-order valence-electron chi connectivity index (χ1n) is 7.05. The van der Waals surface area contributed by atoms with Crippen LogP contribution in [0.2, 0.25) is 0 Å². The van der Waals surface area contributed by atoms with Gasteiger partial charge < -0.3 is 10.1 Å². The molecule has 112 valence electrons. The lowest BCUT2D eigenvalue weighted by Gasteiger charge is -2.16. The van der Waals surface area contributed by atoms with Crippen molar-refractivity contribution in [3.05, 3.63) is 35.4 Å². The predicted octanol–water partition coefficient (Wildman–Crippen LogP) is 3.41. The van der Waals surface area contributed by atoms with Gasteiger partial charge in [-0.05, 0) is 50.4 Å². The highest BCUT2D eigenvalue weighted by Gasteiger charge is 2.32. The number of hydrogen-bond acceptors (Lipinski definition) is 2. The average molecular weight is 287 g/mol. The summed E-state index contributed by atoms with van der Waals surface area (Å²) >= 11 is 0. The quantitative estimate of drug-likeness (QED) is 0.916. The molecule has 0 spiro atoms. The SMILES string of the molecule is FC(F)(F)c1ccccc1CCOC1CCCNCC1. The summed E-state index contributed by atoms with van der Waals surface area (Å²) in [5.41, 5.74) is -0.238. The number of nitrogens with one attached hydrogen (secondary N) is 1. The van der Waals surface area contributed by atoms with E-state index in [-0.39, 0.29) is 6.10 Å². The van der Waals surface area contributed by atoms with Gasteiger partial charge in [-0.25, -0.2) is 0 Å². The average Bonchev–Trinajstić information content (AvgIpc) is 2.67. The summed E-state index contributed by atoms with van der Waals surface area (Å²) in [6, 6.07) is 5.72. The van der Waals surface area contributed by atoms with E-state index in [9.17, 15) is 13.2 Å². The van der Waals surface area contributed by atoms with Gasteiger partial charge in [-0.1, -0.05) is 18.2 Å². The Bertz CT molecular complexity index is 412. The lowest BCUT2D eigenvalue weighted by atomic mass is 10.0. The molecule has 0 amide bonds. The van der Waals surface area contributed by atoms with Crippen molar-refractivity contribution >= 4 is 0 Å². The molecular formula is C15H20F3NO. The molecule has 0 aliphatic carbocycles. The van der Waals surface area contributed by atoms with Crippen LogP contribution in [-0.4, -0.2) is 25.8 Å². The number of rotatable bonds is 4. The molecule has 1 aromatic rings. The standard InChI is InChI=1S/C15H20F3NO/c16-15(17,18)14-6-2-1-4-12(14)8-11-20-13-5-3-9-19-10-7-13/h1-2,4,6,13,19H,3,5,7-11H2. The minimum Gasteiger partial charge on any atom is -0.378 e. The van der Waals surface area contributed by atoms with E-state index >= 15 is 0 Å². The molecule has 1 aliphatic rings. The van der Waals surface area contributed by atoms with Crippen molar-refractivity contribution in [1.29, 1.82) is 0 Å². The van der Waals surface area contributed by atoms with E-state index in [1.54, 1.807) is 6.07 Å². The summed E-state index contributed by atoms with van der Waals surface area (Å²) < 4.78 is 44.2. The van der Waals surface area contributed by atoms with Gasteiger partial charge in [0.05, 0.1) is 18.3 Å². The molecule has 1 atom stereocenters. The van der Waals surface area contributed by atoms with Gasteiger partial charge in [-0.2, -0.15) is 13.2 Å². The predicted molar refractivity (Wildman–Crippen MR) is 71.6 cm³/mol. The molecule has 1 N–H and O–H groups in total. The van der Waals surface area contributed by atoms with Crippen LogP contribution in [-0.2, 0) is 17.3 Å². The first-order chi connectivity index (χ1) is 9.57. The third-order valence-electron chi connectivity index (χ3n) is 3.57. The van der Waals surface area contributed by atoms with Crippen LogP contribution in [0, 0.1) is 0 Å². The van der Waals surface area contributed by atoms with Gasteiger partial charge in [-0.3, -0.25) is 0 Å². The number of ether oxygens (including phenoxy) is 1. The van der Waals surface area contributed by atoms with E-state index in [2.05, 4.69) is 5.32 Å². The van der Waals surface area contributed by atoms with Crippen LogP contribution in [0.3, 0.4) is 0 Å². The van der Waals surface area contributed by atoms with Gasteiger partial charge >= 0.3 is 6.18 Å². The van der Waals surface area contributed by atoms with E-state index < -0.39 is 11.7 Å². The smallest absolute Gasteiger partial charge is 0.378 e. The first-order valence-corrected chi connectivity index (χ1v) is 7.05. The molecular weight excluding hydrogens is 267 g/mol. The van der Waals surface area contributed by atoms with Gasteiger partial charge in [0.15, 0.2) is 0 Å². The Balaban J connectivity index is 1.87. The topological polar surface area (TPSA) is 21.3 Å². The lowest BCUT2D eigenvalue weighted by Crippen LogP contribution is -2.18. The Morgan fingerprint density at radius 2 is 1.95 bits per heavy atom. The minimum atomic E-state index is -4.29. The Kier molecular flexibility index (Phi) is 5.43. The highest BCUT2D eigenvalue weighted by molar-refractivity contribution is 5.29. The van der Waals surface area contributed by atoms with Crippen molar-refractivity contribution in [2.45, 2.75) is 38.0 Å². The highest BCUT2D eigenvalue weighted by Crippen LogP contribution is 2.32. The van der Waals surface area contributed by atoms with E-state index in [1.165, 1.54) is 12.1 Å². The summed E-state index contributed by atoms with van der Waals surface area (Å²) in [6.07, 6.45) is -0.843. The number of halogens is 3. The number of benzene rings is 1. The van der Waals surface area contributed by atoms with Crippen LogP contribution in [0.4, 0.5) is 13.2 Å². The molecule has 1 fully saturated rings. The van der Waals surface area contributed by atoms with Crippen LogP contribution in [0.1, 0.15) is 30.4 Å². The van der Waals surface area contributed by atoms with Gasteiger partial charge in [0.2, 0.25) is 0 Å². The van der Waals surface area contributed by atoms with E-state index in [0.717, 1.165) is 38.4 Å². The molecule has 1 aliphatic heterocycles. The van der Waals surface area contributed by atoms with E-state index in [4.69, 9.17) is 4.74 Å². The second-order valence-corrected chi connectivity index (χ2v) is 5.08. The molecule has 1 unspecified atom stereocenters.